The second-order valence-electron chi connectivity index (χ2n) is 6.16. The van der Waals surface area contributed by atoms with Crippen LogP contribution in [0.5, 0.6) is 17.5 Å². The quantitative estimate of drug-likeness (QED) is 0.601. The normalized spacial score (nSPS) is 12.6. The van der Waals surface area contributed by atoms with Crippen LogP contribution in [-0.4, -0.2) is 30.3 Å². The van der Waals surface area contributed by atoms with Crippen molar-refractivity contribution < 1.29 is 22.3 Å². The van der Waals surface area contributed by atoms with Crippen LogP contribution in [0.4, 0.5) is 4.39 Å². The lowest BCUT2D eigenvalue weighted by Gasteiger charge is -2.15. The van der Waals surface area contributed by atoms with Crippen LogP contribution in [0.1, 0.15) is 25.7 Å². The molecule has 8 nitrogen and oxygen atoms in total. The monoisotopic (exact) mass is 420 g/mol. The fourth-order valence-electron chi connectivity index (χ4n) is 2.71. The van der Waals surface area contributed by atoms with Gasteiger partial charge in [0.05, 0.1) is 18.0 Å². The summed E-state index contributed by atoms with van der Waals surface area (Å²) >= 11 is 0. The molecule has 0 bridgehead atoms. The predicted octanol–water partition coefficient (Wildman–Crippen LogP) is 3.28. The van der Waals surface area contributed by atoms with Crippen molar-refractivity contribution in [3.8, 4) is 17.5 Å². The van der Waals surface area contributed by atoms with Crippen molar-refractivity contribution in [2.75, 3.05) is 7.11 Å². The van der Waals surface area contributed by atoms with Crippen LogP contribution in [0.25, 0.3) is 0 Å². The molecule has 3 aromatic rings. The minimum Gasteiger partial charge on any atom is -0.497 e. The predicted molar refractivity (Wildman–Crippen MR) is 104 cm³/mol. The molecule has 0 unspecified atom stereocenters. The number of hydrogen-bond donors (Lipinski definition) is 1. The third-order valence-corrected chi connectivity index (χ3v) is 5.73. The van der Waals surface area contributed by atoms with Gasteiger partial charge < -0.3 is 9.47 Å². The average Bonchev–Trinajstić information content (AvgIpc) is 3.12. The number of rotatable bonds is 8. The highest BCUT2D eigenvalue weighted by Gasteiger charge is 2.24. The van der Waals surface area contributed by atoms with E-state index in [1.165, 1.54) is 43.5 Å². The van der Waals surface area contributed by atoms with Gasteiger partial charge in [-0.15, -0.1) is 5.10 Å². The second-order valence-corrected chi connectivity index (χ2v) is 7.87. The van der Waals surface area contributed by atoms with E-state index in [2.05, 4.69) is 14.9 Å². The molecule has 0 spiro atoms. The third kappa shape index (κ3) is 4.72. The number of methoxy groups -OCH3 is 1. The van der Waals surface area contributed by atoms with Crippen LogP contribution in [0.2, 0.25) is 0 Å². The van der Waals surface area contributed by atoms with E-state index in [0.29, 0.717) is 23.9 Å². The fourth-order valence-corrected chi connectivity index (χ4v) is 3.91. The summed E-state index contributed by atoms with van der Waals surface area (Å²) < 4.78 is 53.3. The van der Waals surface area contributed by atoms with Crippen LogP contribution in [0.3, 0.4) is 0 Å². The number of nitrogens with zero attached hydrogens (tertiary/aromatic N) is 3. The molecule has 0 amide bonds. The summed E-state index contributed by atoms with van der Waals surface area (Å²) in [6.07, 6.45) is 0. The van der Waals surface area contributed by atoms with Crippen LogP contribution in [-0.2, 0) is 16.6 Å². The van der Waals surface area contributed by atoms with E-state index in [4.69, 9.17) is 9.47 Å². The fraction of sp³-hybridized carbons (Fsp3) is 0.263. The van der Waals surface area contributed by atoms with Crippen molar-refractivity contribution in [2.24, 2.45) is 0 Å². The summed E-state index contributed by atoms with van der Waals surface area (Å²) in [4.78, 5) is 0.107. The van der Waals surface area contributed by atoms with E-state index < -0.39 is 16.1 Å². The highest BCUT2D eigenvalue weighted by Crippen LogP contribution is 2.24. The van der Waals surface area contributed by atoms with Crippen LogP contribution < -0.4 is 14.2 Å². The van der Waals surface area contributed by atoms with Crippen molar-refractivity contribution >= 4 is 10.0 Å². The van der Waals surface area contributed by atoms with E-state index >= 15 is 0 Å². The first-order chi connectivity index (χ1) is 13.8. The van der Waals surface area contributed by atoms with Gasteiger partial charge in [-0.05, 0) is 62.4 Å². The van der Waals surface area contributed by atoms with Gasteiger partial charge >= 0.3 is 6.01 Å². The summed E-state index contributed by atoms with van der Waals surface area (Å²) in [7, 11) is -2.27. The largest absolute Gasteiger partial charge is 0.497 e. The molecule has 0 radical (unpaired) electrons. The summed E-state index contributed by atoms with van der Waals surface area (Å²) in [5.41, 5.74) is 0. The van der Waals surface area contributed by atoms with Crippen LogP contribution in [0.15, 0.2) is 53.4 Å². The van der Waals surface area contributed by atoms with Crippen LogP contribution in [0, 0.1) is 5.82 Å². The van der Waals surface area contributed by atoms with Gasteiger partial charge in [-0.3, -0.25) is 4.57 Å². The zero-order valence-corrected chi connectivity index (χ0v) is 17.0. The number of ether oxygens (including phenoxy) is 2. The van der Waals surface area contributed by atoms with Crippen molar-refractivity contribution in [3.05, 3.63) is 60.2 Å². The zero-order valence-electron chi connectivity index (χ0n) is 16.2. The Hall–Kier alpha value is -2.98. The molecule has 0 saturated carbocycles. The Morgan fingerprint density at radius 3 is 2.28 bits per heavy atom. The molecule has 154 valence electrons. The van der Waals surface area contributed by atoms with Crippen molar-refractivity contribution in [1.29, 1.82) is 0 Å². The lowest BCUT2D eigenvalue weighted by atomic mass is 10.3. The molecular formula is C19H21FN4O4S. The van der Waals surface area contributed by atoms with E-state index in [0.717, 1.165) is 0 Å². The topological polar surface area (TPSA) is 95.3 Å². The van der Waals surface area contributed by atoms with Gasteiger partial charge in [0, 0.05) is 6.54 Å². The number of aromatic nitrogens is 3. The number of sulfonamides is 1. The SMILES string of the molecule is CCn1c(Oc2ccc(F)cc2)nnc1[C@@H](C)NS(=O)(=O)c1ccc(OC)cc1. The first kappa shape index (κ1) is 20.7. The number of hydrogen-bond acceptors (Lipinski definition) is 6. The van der Waals surface area contributed by atoms with Crippen molar-refractivity contribution in [3.63, 3.8) is 0 Å². The Balaban J connectivity index is 1.80. The Labute approximate surface area is 168 Å². The van der Waals surface area contributed by atoms with Gasteiger partial charge in [0.1, 0.15) is 17.3 Å². The maximum atomic E-state index is 13.1. The summed E-state index contributed by atoms with van der Waals surface area (Å²) in [6.45, 7) is 3.97. The van der Waals surface area contributed by atoms with E-state index in [9.17, 15) is 12.8 Å². The lowest BCUT2D eigenvalue weighted by molar-refractivity contribution is 0.407. The molecule has 1 atom stereocenters. The standard InChI is InChI=1S/C19H21FN4O4S/c1-4-24-18(21-22-19(24)28-16-7-5-14(20)6-8-16)13(2)23-29(25,26)17-11-9-15(27-3)10-12-17/h5-13,23H,4H2,1-3H3/t13-/m1/s1. The van der Waals surface area contributed by atoms with Crippen LogP contribution >= 0.6 is 0 Å². The van der Waals surface area contributed by atoms with Crippen molar-refractivity contribution in [2.45, 2.75) is 31.3 Å². The van der Waals surface area contributed by atoms with Gasteiger partial charge in [0.25, 0.3) is 0 Å². The Kier molecular flexibility index (Phi) is 6.14. The zero-order chi connectivity index (χ0) is 21.0. The molecular weight excluding hydrogens is 399 g/mol. The van der Waals surface area contributed by atoms with E-state index in [1.54, 1.807) is 23.6 Å². The molecule has 1 heterocycles. The van der Waals surface area contributed by atoms with Gasteiger partial charge in [-0.25, -0.2) is 17.5 Å². The summed E-state index contributed by atoms with van der Waals surface area (Å²) in [6, 6.07) is 11.1. The Morgan fingerprint density at radius 1 is 1.07 bits per heavy atom. The molecule has 29 heavy (non-hydrogen) atoms. The molecule has 0 aliphatic heterocycles. The highest BCUT2D eigenvalue weighted by molar-refractivity contribution is 7.89. The van der Waals surface area contributed by atoms with Crippen molar-refractivity contribution in [1.82, 2.24) is 19.5 Å². The van der Waals surface area contributed by atoms with Gasteiger partial charge in [-0.2, -0.15) is 0 Å². The van der Waals surface area contributed by atoms with E-state index in [1.807, 2.05) is 6.92 Å². The van der Waals surface area contributed by atoms with E-state index in [-0.39, 0.29) is 16.7 Å². The number of benzene rings is 2. The Bertz CT molecular complexity index is 1070. The van der Waals surface area contributed by atoms with Gasteiger partial charge in [0.2, 0.25) is 10.0 Å². The molecule has 3 rings (SSSR count). The molecule has 0 saturated heterocycles. The molecule has 0 aliphatic rings. The minimum atomic E-state index is -3.78. The summed E-state index contributed by atoms with van der Waals surface area (Å²) in [5.74, 6) is 0.968. The summed E-state index contributed by atoms with van der Waals surface area (Å²) in [5, 5.41) is 8.07. The number of halogens is 1. The maximum absolute atomic E-state index is 13.1. The average molecular weight is 420 g/mol. The smallest absolute Gasteiger partial charge is 0.322 e. The highest BCUT2D eigenvalue weighted by atomic mass is 32.2. The number of nitrogens with one attached hydrogen (secondary N) is 1. The molecule has 1 N–H and O–H groups in total. The maximum Gasteiger partial charge on any atom is 0.322 e. The second kappa shape index (κ2) is 8.58. The molecule has 2 aromatic carbocycles. The van der Waals surface area contributed by atoms with Gasteiger partial charge in [-0.1, -0.05) is 5.10 Å². The first-order valence-corrected chi connectivity index (χ1v) is 10.3. The molecule has 0 aliphatic carbocycles. The molecule has 10 heteroatoms. The minimum absolute atomic E-state index is 0.107. The first-order valence-electron chi connectivity index (χ1n) is 8.87. The molecule has 0 fully saturated rings. The third-order valence-electron chi connectivity index (χ3n) is 4.17. The lowest BCUT2D eigenvalue weighted by Crippen LogP contribution is -2.29. The Morgan fingerprint density at radius 2 is 1.69 bits per heavy atom. The molecule has 1 aromatic heterocycles. The van der Waals surface area contributed by atoms with Gasteiger partial charge in [0.15, 0.2) is 5.82 Å².